The Kier molecular flexibility index (Phi) is 3.92. The van der Waals surface area contributed by atoms with Crippen molar-refractivity contribution >= 4 is 0 Å². The van der Waals surface area contributed by atoms with E-state index in [0.29, 0.717) is 17.9 Å². The van der Waals surface area contributed by atoms with Crippen molar-refractivity contribution in [1.82, 2.24) is 14.8 Å². The molecule has 0 saturated heterocycles. The van der Waals surface area contributed by atoms with Crippen LogP contribution in [0.25, 0.3) is 0 Å². The Morgan fingerprint density at radius 3 is 2.94 bits per heavy atom. The lowest BCUT2D eigenvalue weighted by atomic mass is 10.2. The van der Waals surface area contributed by atoms with E-state index >= 15 is 0 Å². The molecule has 1 aromatic heterocycles. The number of halogens is 1. The molecule has 0 amide bonds. The summed E-state index contributed by atoms with van der Waals surface area (Å²) in [6, 6.07) is 4.83. The summed E-state index contributed by atoms with van der Waals surface area (Å²) < 4.78 is 20.6. The maximum atomic E-state index is 13.3. The van der Waals surface area contributed by atoms with Gasteiger partial charge in [-0.15, -0.1) is 0 Å². The summed E-state index contributed by atoms with van der Waals surface area (Å²) in [5.74, 6) is 0.990. The SMILES string of the molecule is CCCn1ncnc1COc1ccc(C)c(F)c1. The fourth-order valence-electron chi connectivity index (χ4n) is 1.61. The van der Waals surface area contributed by atoms with Crippen LogP contribution in [0, 0.1) is 12.7 Å². The Hall–Kier alpha value is -1.91. The fraction of sp³-hybridized carbons (Fsp3) is 0.385. The first kappa shape index (κ1) is 12.5. The van der Waals surface area contributed by atoms with E-state index in [9.17, 15) is 4.39 Å². The van der Waals surface area contributed by atoms with Crippen LogP contribution in [0.15, 0.2) is 24.5 Å². The van der Waals surface area contributed by atoms with Crippen LogP contribution in [0.5, 0.6) is 5.75 Å². The van der Waals surface area contributed by atoms with E-state index in [1.165, 1.54) is 12.4 Å². The number of benzene rings is 1. The molecular formula is C13H16FN3O. The molecule has 5 heteroatoms. The van der Waals surface area contributed by atoms with E-state index in [-0.39, 0.29) is 5.82 Å². The lowest BCUT2D eigenvalue weighted by molar-refractivity contribution is 0.284. The first-order valence-corrected chi connectivity index (χ1v) is 5.96. The minimum absolute atomic E-state index is 0.262. The van der Waals surface area contributed by atoms with Gasteiger partial charge in [-0.1, -0.05) is 13.0 Å². The summed E-state index contributed by atoms with van der Waals surface area (Å²) in [5, 5.41) is 4.10. The minimum Gasteiger partial charge on any atom is -0.486 e. The summed E-state index contributed by atoms with van der Waals surface area (Å²) in [5.41, 5.74) is 0.608. The molecular weight excluding hydrogens is 233 g/mol. The summed E-state index contributed by atoms with van der Waals surface area (Å²) in [7, 11) is 0. The third kappa shape index (κ3) is 2.85. The molecule has 0 unspecified atom stereocenters. The van der Waals surface area contributed by atoms with Gasteiger partial charge in [0.05, 0.1) is 0 Å². The predicted octanol–water partition coefficient (Wildman–Crippen LogP) is 2.71. The quantitative estimate of drug-likeness (QED) is 0.818. The Labute approximate surface area is 105 Å². The molecule has 18 heavy (non-hydrogen) atoms. The smallest absolute Gasteiger partial charge is 0.164 e. The van der Waals surface area contributed by atoms with Gasteiger partial charge in [-0.05, 0) is 25.0 Å². The topological polar surface area (TPSA) is 39.9 Å². The Morgan fingerprint density at radius 2 is 2.22 bits per heavy atom. The van der Waals surface area contributed by atoms with Gasteiger partial charge in [0.25, 0.3) is 0 Å². The second-order valence-electron chi connectivity index (χ2n) is 4.10. The lowest BCUT2D eigenvalue weighted by Gasteiger charge is -2.08. The van der Waals surface area contributed by atoms with E-state index in [1.54, 1.807) is 23.7 Å². The molecule has 0 aliphatic heterocycles. The summed E-state index contributed by atoms with van der Waals surface area (Å²) >= 11 is 0. The van der Waals surface area contributed by atoms with Gasteiger partial charge >= 0.3 is 0 Å². The largest absolute Gasteiger partial charge is 0.486 e. The Balaban J connectivity index is 2.02. The van der Waals surface area contributed by atoms with Gasteiger partial charge in [0.15, 0.2) is 5.82 Å². The first-order valence-electron chi connectivity index (χ1n) is 5.96. The molecule has 1 heterocycles. The van der Waals surface area contributed by atoms with Crippen molar-refractivity contribution in [3.63, 3.8) is 0 Å². The molecule has 1 aromatic carbocycles. The van der Waals surface area contributed by atoms with Crippen LogP contribution in [0.3, 0.4) is 0 Å². The monoisotopic (exact) mass is 249 g/mol. The molecule has 0 aliphatic carbocycles. The van der Waals surface area contributed by atoms with Gasteiger partial charge in [-0.2, -0.15) is 5.10 Å². The van der Waals surface area contributed by atoms with Crippen LogP contribution in [0.4, 0.5) is 4.39 Å². The molecule has 0 saturated carbocycles. The normalized spacial score (nSPS) is 10.6. The number of aryl methyl sites for hydroxylation is 2. The second kappa shape index (κ2) is 5.62. The van der Waals surface area contributed by atoms with E-state index in [2.05, 4.69) is 17.0 Å². The number of rotatable bonds is 5. The van der Waals surface area contributed by atoms with Crippen molar-refractivity contribution in [2.75, 3.05) is 0 Å². The number of hydrogen-bond acceptors (Lipinski definition) is 3. The van der Waals surface area contributed by atoms with Gasteiger partial charge in [0, 0.05) is 12.6 Å². The van der Waals surface area contributed by atoms with Crippen molar-refractivity contribution in [2.45, 2.75) is 33.4 Å². The summed E-state index contributed by atoms with van der Waals surface area (Å²) in [4.78, 5) is 4.12. The van der Waals surface area contributed by atoms with Gasteiger partial charge in [-0.3, -0.25) is 0 Å². The Bertz CT molecular complexity index is 525. The number of ether oxygens (including phenoxy) is 1. The second-order valence-corrected chi connectivity index (χ2v) is 4.10. The summed E-state index contributed by atoms with van der Waals surface area (Å²) in [6.45, 7) is 4.89. The molecule has 2 aromatic rings. The average Bonchev–Trinajstić information content (AvgIpc) is 2.79. The summed E-state index contributed by atoms with van der Waals surface area (Å²) in [6.07, 6.45) is 2.49. The average molecular weight is 249 g/mol. The molecule has 0 atom stereocenters. The van der Waals surface area contributed by atoms with Crippen molar-refractivity contribution in [2.24, 2.45) is 0 Å². The van der Waals surface area contributed by atoms with Crippen LogP contribution in [-0.4, -0.2) is 14.8 Å². The highest BCUT2D eigenvalue weighted by Crippen LogP contribution is 2.16. The number of hydrogen-bond donors (Lipinski definition) is 0. The molecule has 2 rings (SSSR count). The van der Waals surface area contributed by atoms with E-state index in [4.69, 9.17) is 4.74 Å². The lowest BCUT2D eigenvalue weighted by Crippen LogP contribution is -2.08. The molecule has 4 nitrogen and oxygen atoms in total. The van der Waals surface area contributed by atoms with Gasteiger partial charge in [-0.25, -0.2) is 14.1 Å². The van der Waals surface area contributed by atoms with Crippen molar-refractivity contribution < 1.29 is 9.13 Å². The van der Waals surface area contributed by atoms with Gasteiger partial charge in [0.2, 0.25) is 0 Å². The predicted molar refractivity (Wildman–Crippen MR) is 65.8 cm³/mol. The molecule has 0 N–H and O–H groups in total. The maximum Gasteiger partial charge on any atom is 0.164 e. The van der Waals surface area contributed by atoms with Crippen LogP contribution < -0.4 is 4.74 Å². The molecule has 0 fully saturated rings. The maximum absolute atomic E-state index is 13.3. The number of nitrogens with zero attached hydrogens (tertiary/aromatic N) is 3. The molecule has 0 spiro atoms. The van der Waals surface area contributed by atoms with Crippen LogP contribution in [0.1, 0.15) is 24.7 Å². The molecule has 0 radical (unpaired) electrons. The van der Waals surface area contributed by atoms with E-state index in [0.717, 1.165) is 18.8 Å². The van der Waals surface area contributed by atoms with Gasteiger partial charge < -0.3 is 4.74 Å². The zero-order valence-electron chi connectivity index (χ0n) is 10.6. The zero-order chi connectivity index (χ0) is 13.0. The number of aromatic nitrogens is 3. The minimum atomic E-state index is -0.262. The Morgan fingerprint density at radius 1 is 1.39 bits per heavy atom. The van der Waals surface area contributed by atoms with Crippen molar-refractivity contribution in [3.8, 4) is 5.75 Å². The van der Waals surface area contributed by atoms with Crippen LogP contribution >= 0.6 is 0 Å². The molecule has 96 valence electrons. The van der Waals surface area contributed by atoms with Crippen LogP contribution in [-0.2, 0) is 13.2 Å². The van der Waals surface area contributed by atoms with E-state index in [1.807, 2.05) is 0 Å². The highest BCUT2D eigenvalue weighted by molar-refractivity contribution is 5.28. The highest BCUT2D eigenvalue weighted by atomic mass is 19.1. The fourth-order valence-corrected chi connectivity index (χ4v) is 1.61. The zero-order valence-corrected chi connectivity index (χ0v) is 10.6. The molecule has 0 bridgehead atoms. The standard InChI is InChI=1S/C13H16FN3O/c1-3-6-17-13(15-9-16-17)8-18-11-5-4-10(2)12(14)7-11/h4-5,7,9H,3,6,8H2,1-2H3. The highest BCUT2D eigenvalue weighted by Gasteiger charge is 2.05. The molecule has 0 aliphatic rings. The third-order valence-corrected chi connectivity index (χ3v) is 2.64. The van der Waals surface area contributed by atoms with E-state index < -0.39 is 0 Å². The van der Waals surface area contributed by atoms with Gasteiger partial charge in [0.1, 0.15) is 24.5 Å². The first-order chi connectivity index (χ1) is 8.70. The third-order valence-electron chi connectivity index (χ3n) is 2.64. The van der Waals surface area contributed by atoms with Crippen LogP contribution in [0.2, 0.25) is 0 Å². The van der Waals surface area contributed by atoms with Crippen molar-refractivity contribution in [3.05, 3.63) is 41.7 Å². The van der Waals surface area contributed by atoms with Crippen molar-refractivity contribution in [1.29, 1.82) is 0 Å².